The van der Waals surface area contributed by atoms with Crippen molar-refractivity contribution in [3.8, 4) is 11.1 Å². The molecule has 0 atom stereocenters. The van der Waals surface area contributed by atoms with Gasteiger partial charge >= 0.3 is 0 Å². The number of rotatable bonds is 5. The molecule has 5 heteroatoms. The Morgan fingerprint density at radius 2 is 2.06 bits per heavy atom. The summed E-state index contributed by atoms with van der Waals surface area (Å²) >= 11 is 1.48. The molecule has 1 nitrogen and oxygen atoms in total. The first-order valence-corrected chi connectivity index (χ1v) is 6.41. The van der Waals surface area contributed by atoms with E-state index in [1.807, 2.05) is 16.8 Å². The van der Waals surface area contributed by atoms with Crippen molar-refractivity contribution >= 4 is 11.3 Å². The normalized spacial score (nSPS) is 11.1. The van der Waals surface area contributed by atoms with E-state index in [0.29, 0.717) is 6.54 Å². The molecule has 1 heterocycles. The molecular weight excluding hydrogens is 259 g/mol. The van der Waals surface area contributed by atoms with Crippen LogP contribution in [0.1, 0.15) is 5.56 Å². The lowest BCUT2D eigenvalue weighted by atomic mass is 10.0. The highest BCUT2D eigenvalue weighted by atomic mass is 32.1. The van der Waals surface area contributed by atoms with E-state index >= 15 is 0 Å². The first kappa shape index (κ1) is 13.1. The van der Waals surface area contributed by atoms with Crippen molar-refractivity contribution in [2.45, 2.75) is 13.0 Å². The number of nitrogens with one attached hydrogen (secondary N) is 1. The summed E-state index contributed by atoms with van der Waals surface area (Å²) in [5, 5.41) is 6.46. The molecule has 0 radical (unpaired) electrons. The largest absolute Gasteiger partial charge is 0.307 e. The molecule has 1 N–H and O–H groups in total. The number of hydrogen-bond donors (Lipinski definition) is 1. The summed E-state index contributed by atoms with van der Waals surface area (Å²) in [7, 11) is 0. The van der Waals surface area contributed by atoms with Gasteiger partial charge in [-0.1, -0.05) is 12.1 Å². The first-order chi connectivity index (χ1) is 8.66. The predicted molar refractivity (Wildman–Crippen MR) is 67.4 cm³/mol. The third-order valence-electron chi connectivity index (χ3n) is 2.49. The molecule has 0 aliphatic rings. The van der Waals surface area contributed by atoms with Crippen LogP contribution in [0.2, 0.25) is 0 Å². The molecule has 18 heavy (non-hydrogen) atoms. The van der Waals surface area contributed by atoms with Crippen LogP contribution in [-0.2, 0) is 6.54 Å². The van der Waals surface area contributed by atoms with Crippen molar-refractivity contribution < 1.29 is 13.2 Å². The van der Waals surface area contributed by atoms with Gasteiger partial charge in [0.15, 0.2) is 0 Å². The SMILES string of the molecule is Fc1cccc(-c2cscc2CNCC(F)F)c1. The smallest absolute Gasteiger partial charge is 0.250 e. The Kier molecular flexibility index (Phi) is 4.38. The van der Waals surface area contributed by atoms with Crippen molar-refractivity contribution in [2.75, 3.05) is 6.54 Å². The summed E-state index contributed by atoms with van der Waals surface area (Å²) in [6.45, 7) is 0.0259. The second-order valence-corrected chi connectivity index (χ2v) is 4.59. The van der Waals surface area contributed by atoms with Gasteiger partial charge < -0.3 is 5.32 Å². The highest BCUT2D eigenvalue weighted by molar-refractivity contribution is 7.08. The van der Waals surface area contributed by atoms with E-state index in [1.54, 1.807) is 6.07 Å². The Morgan fingerprint density at radius 1 is 1.22 bits per heavy atom. The molecule has 0 aliphatic carbocycles. The fraction of sp³-hybridized carbons (Fsp3) is 0.231. The summed E-state index contributed by atoms with van der Waals surface area (Å²) < 4.78 is 37.2. The maximum atomic E-state index is 13.1. The molecule has 1 aromatic carbocycles. The molecule has 0 aliphatic heterocycles. The molecule has 0 unspecified atom stereocenters. The van der Waals surface area contributed by atoms with Crippen LogP contribution in [0.25, 0.3) is 11.1 Å². The standard InChI is InChI=1S/C13H12F3NS/c14-11-3-1-2-9(4-11)12-8-18-7-10(12)5-17-6-13(15)16/h1-4,7-8,13,17H,5-6H2. The van der Waals surface area contributed by atoms with E-state index in [-0.39, 0.29) is 12.4 Å². The van der Waals surface area contributed by atoms with Gasteiger partial charge in [0.2, 0.25) is 0 Å². The van der Waals surface area contributed by atoms with Gasteiger partial charge in [-0.2, -0.15) is 11.3 Å². The maximum absolute atomic E-state index is 13.1. The van der Waals surface area contributed by atoms with Crippen LogP contribution in [0.3, 0.4) is 0 Å². The molecule has 0 spiro atoms. The van der Waals surface area contributed by atoms with Gasteiger partial charge in [0, 0.05) is 6.54 Å². The molecule has 0 saturated carbocycles. The van der Waals surface area contributed by atoms with E-state index in [4.69, 9.17) is 0 Å². The Labute approximate surface area is 107 Å². The lowest BCUT2D eigenvalue weighted by molar-refractivity contribution is 0.145. The summed E-state index contributed by atoms with van der Waals surface area (Å²) in [5.74, 6) is -0.301. The fourth-order valence-corrected chi connectivity index (χ4v) is 2.55. The zero-order valence-electron chi connectivity index (χ0n) is 9.50. The van der Waals surface area contributed by atoms with Gasteiger partial charge in [0.25, 0.3) is 6.43 Å². The molecular formula is C13H12F3NS. The summed E-state index contributed by atoms with van der Waals surface area (Å²) in [6, 6.07) is 6.27. The van der Waals surface area contributed by atoms with Crippen LogP contribution in [0, 0.1) is 5.82 Å². The molecule has 96 valence electrons. The van der Waals surface area contributed by atoms with E-state index in [0.717, 1.165) is 16.7 Å². The van der Waals surface area contributed by atoms with Crippen molar-refractivity contribution in [2.24, 2.45) is 0 Å². The van der Waals surface area contributed by atoms with Crippen molar-refractivity contribution in [1.29, 1.82) is 0 Å². The molecule has 2 rings (SSSR count). The molecule has 1 aromatic heterocycles. The van der Waals surface area contributed by atoms with E-state index < -0.39 is 6.43 Å². The Bertz CT molecular complexity index is 510. The monoisotopic (exact) mass is 271 g/mol. The third-order valence-corrected chi connectivity index (χ3v) is 3.28. The van der Waals surface area contributed by atoms with E-state index in [1.165, 1.54) is 23.5 Å². The molecule has 0 amide bonds. The van der Waals surface area contributed by atoms with Gasteiger partial charge in [-0.15, -0.1) is 0 Å². The van der Waals surface area contributed by atoms with Crippen LogP contribution >= 0.6 is 11.3 Å². The Morgan fingerprint density at radius 3 is 2.78 bits per heavy atom. The van der Waals surface area contributed by atoms with Gasteiger partial charge in [0.05, 0.1) is 6.54 Å². The van der Waals surface area contributed by atoms with Gasteiger partial charge in [-0.3, -0.25) is 0 Å². The third kappa shape index (κ3) is 3.34. The number of halogens is 3. The summed E-state index contributed by atoms with van der Waals surface area (Å²) in [6.07, 6.45) is -2.36. The topological polar surface area (TPSA) is 12.0 Å². The number of alkyl halides is 2. The lowest BCUT2D eigenvalue weighted by Crippen LogP contribution is -2.20. The zero-order chi connectivity index (χ0) is 13.0. The second-order valence-electron chi connectivity index (χ2n) is 3.84. The van der Waals surface area contributed by atoms with Gasteiger partial charge in [-0.25, -0.2) is 13.2 Å². The van der Waals surface area contributed by atoms with Crippen LogP contribution in [0.15, 0.2) is 35.0 Å². The highest BCUT2D eigenvalue weighted by Gasteiger charge is 2.08. The first-order valence-electron chi connectivity index (χ1n) is 5.46. The van der Waals surface area contributed by atoms with Crippen molar-refractivity contribution in [3.05, 3.63) is 46.4 Å². The molecule has 0 saturated heterocycles. The second kappa shape index (κ2) is 6.02. The molecule has 0 fully saturated rings. The molecule has 0 bridgehead atoms. The fourth-order valence-electron chi connectivity index (χ4n) is 1.69. The number of hydrogen-bond acceptors (Lipinski definition) is 2. The number of benzene rings is 1. The van der Waals surface area contributed by atoms with Crippen LogP contribution in [0.5, 0.6) is 0 Å². The Hall–Kier alpha value is -1.33. The minimum absolute atomic E-state index is 0.301. The summed E-state index contributed by atoms with van der Waals surface area (Å²) in [5.41, 5.74) is 2.57. The van der Waals surface area contributed by atoms with Gasteiger partial charge in [0.1, 0.15) is 5.82 Å². The lowest BCUT2D eigenvalue weighted by Gasteiger charge is -2.06. The zero-order valence-corrected chi connectivity index (χ0v) is 10.3. The number of thiophene rings is 1. The minimum atomic E-state index is -2.36. The average molecular weight is 271 g/mol. The Balaban J connectivity index is 2.12. The van der Waals surface area contributed by atoms with Crippen LogP contribution < -0.4 is 5.32 Å². The van der Waals surface area contributed by atoms with E-state index in [9.17, 15) is 13.2 Å². The highest BCUT2D eigenvalue weighted by Crippen LogP contribution is 2.27. The van der Waals surface area contributed by atoms with Gasteiger partial charge in [-0.05, 0) is 39.6 Å². The average Bonchev–Trinajstić information content (AvgIpc) is 2.77. The minimum Gasteiger partial charge on any atom is -0.307 e. The predicted octanol–water partition coefficient (Wildman–Crippen LogP) is 3.91. The quantitative estimate of drug-likeness (QED) is 0.869. The van der Waals surface area contributed by atoms with Crippen LogP contribution in [0.4, 0.5) is 13.2 Å². The van der Waals surface area contributed by atoms with Crippen LogP contribution in [-0.4, -0.2) is 13.0 Å². The van der Waals surface area contributed by atoms with Crippen molar-refractivity contribution in [3.63, 3.8) is 0 Å². The summed E-state index contributed by atoms with van der Waals surface area (Å²) in [4.78, 5) is 0. The maximum Gasteiger partial charge on any atom is 0.250 e. The van der Waals surface area contributed by atoms with E-state index in [2.05, 4.69) is 5.32 Å². The van der Waals surface area contributed by atoms with Crippen molar-refractivity contribution in [1.82, 2.24) is 5.32 Å². The molecule has 2 aromatic rings.